The zero-order valence-electron chi connectivity index (χ0n) is 7.95. The van der Waals surface area contributed by atoms with E-state index in [9.17, 15) is 9.18 Å². The highest BCUT2D eigenvalue weighted by atomic mass is 79.9. The van der Waals surface area contributed by atoms with E-state index < -0.39 is 17.8 Å². The standard InChI is InChI=1S/C9H9BrFN3O/c1-5(9(12)15)13-14-8-4-6(11)2-3-7(8)10/h2-5H,1H3,(H2,12,15). The summed E-state index contributed by atoms with van der Waals surface area (Å²) in [6, 6.07) is 3.29. The van der Waals surface area contributed by atoms with Crippen LogP contribution in [0.15, 0.2) is 32.9 Å². The van der Waals surface area contributed by atoms with Gasteiger partial charge in [-0.25, -0.2) is 4.39 Å². The van der Waals surface area contributed by atoms with Crippen LogP contribution in [0.3, 0.4) is 0 Å². The van der Waals surface area contributed by atoms with E-state index in [1.807, 2.05) is 0 Å². The summed E-state index contributed by atoms with van der Waals surface area (Å²) < 4.78 is 13.4. The second kappa shape index (κ2) is 4.97. The average Bonchev–Trinajstić information content (AvgIpc) is 2.18. The number of amides is 1. The minimum Gasteiger partial charge on any atom is -0.368 e. The third-order valence-electron chi connectivity index (χ3n) is 1.66. The minimum absolute atomic E-state index is 0.322. The molecule has 0 radical (unpaired) electrons. The van der Waals surface area contributed by atoms with Crippen LogP contribution in [0.2, 0.25) is 0 Å². The Morgan fingerprint density at radius 1 is 1.60 bits per heavy atom. The summed E-state index contributed by atoms with van der Waals surface area (Å²) >= 11 is 3.18. The number of hydrogen-bond acceptors (Lipinski definition) is 3. The van der Waals surface area contributed by atoms with Crippen molar-refractivity contribution in [3.05, 3.63) is 28.5 Å². The molecule has 0 spiro atoms. The van der Waals surface area contributed by atoms with Gasteiger partial charge in [-0.2, -0.15) is 10.2 Å². The van der Waals surface area contributed by atoms with Gasteiger partial charge in [-0.3, -0.25) is 4.79 Å². The summed E-state index contributed by atoms with van der Waals surface area (Å²) in [7, 11) is 0. The molecule has 0 aromatic heterocycles. The molecule has 0 saturated carbocycles. The molecule has 0 fully saturated rings. The Kier molecular flexibility index (Phi) is 3.90. The molecule has 1 atom stereocenters. The quantitative estimate of drug-likeness (QED) is 0.845. The van der Waals surface area contributed by atoms with Crippen molar-refractivity contribution in [1.82, 2.24) is 0 Å². The lowest BCUT2D eigenvalue weighted by molar-refractivity contribution is -0.118. The molecule has 0 aliphatic rings. The van der Waals surface area contributed by atoms with Crippen LogP contribution < -0.4 is 5.73 Å². The van der Waals surface area contributed by atoms with E-state index in [0.29, 0.717) is 10.2 Å². The number of nitrogens with two attached hydrogens (primary N) is 1. The van der Waals surface area contributed by atoms with E-state index in [2.05, 4.69) is 26.2 Å². The van der Waals surface area contributed by atoms with E-state index in [4.69, 9.17) is 5.73 Å². The zero-order valence-corrected chi connectivity index (χ0v) is 9.53. The van der Waals surface area contributed by atoms with E-state index in [-0.39, 0.29) is 0 Å². The molecule has 4 nitrogen and oxygen atoms in total. The van der Waals surface area contributed by atoms with Crippen LogP contribution in [0.5, 0.6) is 0 Å². The Morgan fingerprint density at radius 3 is 2.87 bits per heavy atom. The Labute approximate surface area is 94.5 Å². The maximum atomic E-state index is 12.8. The van der Waals surface area contributed by atoms with Gasteiger partial charge in [0.25, 0.3) is 0 Å². The van der Waals surface area contributed by atoms with E-state index in [1.165, 1.54) is 25.1 Å². The number of azo groups is 1. The lowest BCUT2D eigenvalue weighted by Crippen LogP contribution is -2.23. The minimum atomic E-state index is -0.722. The van der Waals surface area contributed by atoms with E-state index >= 15 is 0 Å². The number of benzene rings is 1. The second-order valence-corrected chi connectivity index (χ2v) is 3.74. The summed E-state index contributed by atoms with van der Waals surface area (Å²) in [5.74, 6) is -0.995. The van der Waals surface area contributed by atoms with Crippen molar-refractivity contribution in [1.29, 1.82) is 0 Å². The van der Waals surface area contributed by atoms with Crippen molar-refractivity contribution in [2.75, 3.05) is 0 Å². The third-order valence-corrected chi connectivity index (χ3v) is 2.33. The predicted octanol–water partition coefficient (Wildman–Crippen LogP) is 2.55. The Morgan fingerprint density at radius 2 is 2.27 bits per heavy atom. The van der Waals surface area contributed by atoms with Gasteiger partial charge < -0.3 is 5.73 Å². The van der Waals surface area contributed by atoms with Gasteiger partial charge in [0.1, 0.15) is 17.5 Å². The third kappa shape index (κ3) is 3.39. The number of carbonyl (C=O) groups is 1. The average molecular weight is 274 g/mol. The molecule has 1 unspecified atom stereocenters. The van der Waals surface area contributed by atoms with Gasteiger partial charge in [-0.05, 0) is 35.0 Å². The topological polar surface area (TPSA) is 67.8 Å². The fraction of sp³-hybridized carbons (Fsp3) is 0.222. The summed E-state index contributed by atoms with van der Waals surface area (Å²) in [5.41, 5.74) is 5.31. The smallest absolute Gasteiger partial charge is 0.243 e. The van der Waals surface area contributed by atoms with Crippen molar-refractivity contribution in [3.63, 3.8) is 0 Å². The fourth-order valence-corrected chi connectivity index (χ4v) is 1.09. The van der Waals surface area contributed by atoms with E-state index in [0.717, 1.165) is 0 Å². The highest BCUT2D eigenvalue weighted by molar-refractivity contribution is 9.10. The first-order valence-electron chi connectivity index (χ1n) is 4.16. The van der Waals surface area contributed by atoms with Gasteiger partial charge in [0.2, 0.25) is 5.91 Å². The van der Waals surface area contributed by atoms with Crippen LogP contribution in [-0.2, 0) is 4.79 Å². The van der Waals surface area contributed by atoms with Gasteiger partial charge in [0, 0.05) is 10.5 Å². The number of primary amides is 1. The Bertz CT molecular complexity index is 408. The maximum absolute atomic E-state index is 12.8. The molecule has 0 aliphatic carbocycles. The Hall–Kier alpha value is -1.30. The number of hydrogen-bond donors (Lipinski definition) is 1. The van der Waals surface area contributed by atoms with Gasteiger partial charge in [0.15, 0.2) is 0 Å². The molecular weight excluding hydrogens is 265 g/mol. The molecule has 0 aliphatic heterocycles. The molecule has 0 heterocycles. The molecule has 6 heteroatoms. The lowest BCUT2D eigenvalue weighted by atomic mass is 10.3. The molecule has 80 valence electrons. The first-order valence-corrected chi connectivity index (χ1v) is 4.95. The first-order chi connectivity index (χ1) is 7.00. The van der Waals surface area contributed by atoms with Crippen molar-refractivity contribution in [2.45, 2.75) is 13.0 Å². The number of halogens is 2. The monoisotopic (exact) mass is 273 g/mol. The molecule has 0 saturated heterocycles. The van der Waals surface area contributed by atoms with Crippen molar-refractivity contribution in [3.8, 4) is 0 Å². The molecule has 1 aromatic carbocycles. The van der Waals surface area contributed by atoms with Crippen LogP contribution in [0, 0.1) is 5.82 Å². The van der Waals surface area contributed by atoms with Gasteiger partial charge in [-0.15, -0.1) is 0 Å². The van der Waals surface area contributed by atoms with Crippen molar-refractivity contribution >= 4 is 27.5 Å². The van der Waals surface area contributed by atoms with Crippen LogP contribution in [0.4, 0.5) is 10.1 Å². The van der Waals surface area contributed by atoms with Crippen LogP contribution >= 0.6 is 15.9 Å². The number of nitrogens with zero attached hydrogens (tertiary/aromatic N) is 2. The molecule has 0 bridgehead atoms. The zero-order chi connectivity index (χ0) is 11.4. The van der Waals surface area contributed by atoms with Gasteiger partial charge >= 0.3 is 0 Å². The van der Waals surface area contributed by atoms with Crippen LogP contribution in [0.1, 0.15) is 6.92 Å². The highest BCUT2D eigenvalue weighted by Gasteiger charge is 2.06. The van der Waals surface area contributed by atoms with Crippen molar-refractivity contribution < 1.29 is 9.18 Å². The molecular formula is C9H9BrFN3O. The highest BCUT2D eigenvalue weighted by Crippen LogP contribution is 2.26. The largest absolute Gasteiger partial charge is 0.368 e. The molecule has 2 N–H and O–H groups in total. The van der Waals surface area contributed by atoms with Crippen LogP contribution in [-0.4, -0.2) is 11.9 Å². The first kappa shape index (κ1) is 11.8. The Balaban J connectivity index is 2.89. The SMILES string of the molecule is CC(N=Nc1cc(F)ccc1Br)C(N)=O. The molecule has 1 rings (SSSR count). The maximum Gasteiger partial charge on any atom is 0.243 e. The van der Waals surface area contributed by atoms with Gasteiger partial charge in [-0.1, -0.05) is 0 Å². The molecule has 15 heavy (non-hydrogen) atoms. The normalized spacial score (nSPS) is 13.0. The molecule has 1 aromatic rings. The summed E-state index contributed by atoms with van der Waals surface area (Å²) in [4.78, 5) is 10.7. The predicted molar refractivity (Wildman–Crippen MR) is 57.3 cm³/mol. The fourth-order valence-electron chi connectivity index (χ4n) is 0.768. The molecule has 1 amide bonds. The summed E-state index contributed by atoms with van der Waals surface area (Å²) in [5, 5.41) is 7.37. The number of rotatable bonds is 3. The van der Waals surface area contributed by atoms with Crippen molar-refractivity contribution in [2.24, 2.45) is 16.0 Å². The lowest BCUT2D eigenvalue weighted by Gasteiger charge is -1.99. The second-order valence-electron chi connectivity index (χ2n) is 2.89. The van der Waals surface area contributed by atoms with E-state index in [1.54, 1.807) is 0 Å². The van der Waals surface area contributed by atoms with Gasteiger partial charge in [0.05, 0.1) is 0 Å². The summed E-state index contributed by atoms with van der Waals surface area (Å²) in [6.45, 7) is 1.51. The number of carbonyl (C=O) groups excluding carboxylic acids is 1. The summed E-state index contributed by atoms with van der Waals surface area (Å²) in [6.07, 6.45) is 0. The van der Waals surface area contributed by atoms with Crippen LogP contribution in [0.25, 0.3) is 0 Å².